The Kier molecular flexibility index (Phi) is 1.77. The van der Waals surface area contributed by atoms with E-state index in [1.807, 2.05) is 0 Å². The number of hydrogen-bond donors (Lipinski definition) is 0. The van der Waals surface area contributed by atoms with Crippen LogP contribution < -0.4 is 4.74 Å². The van der Waals surface area contributed by atoms with Crippen LogP contribution in [0.15, 0.2) is 18.2 Å². The third kappa shape index (κ3) is 1.14. The van der Waals surface area contributed by atoms with E-state index in [0.717, 1.165) is 17.6 Å². The van der Waals surface area contributed by atoms with Gasteiger partial charge >= 0.3 is 0 Å². The number of rotatable bonds is 3. The summed E-state index contributed by atoms with van der Waals surface area (Å²) in [5, 5.41) is 0. The molecular weight excluding hydrogens is 176 g/mol. The number of methoxy groups -OCH3 is 1. The van der Waals surface area contributed by atoms with E-state index in [9.17, 15) is 0 Å². The molecule has 0 N–H and O–H groups in total. The van der Waals surface area contributed by atoms with E-state index in [-0.39, 0.29) is 0 Å². The van der Waals surface area contributed by atoms with E-state index < -0.39 is 0 Å². The van der Waals surface area contributed by atoms with Gasteiger partial charge in [0.1, 0.15) is 5.75 Å². The highest BCUT2D eigenvalue weighted by atomic mass is 16.7. The Labute approximate surface area is 83.8 Å². The summed E-state index contributed by atoms with van der Waals surface area (Å²) in [5.74, 6) is 2.74. The molecular formula is C12H14O2. The minimum atomic E-state index is 0.355. The van der Waals surface area contributed by atoms with Crippen LogP contribution in [-0.2, 0) is 11.2 Å². The molecule has 0 amide bonds. The Morgan fingerprint density at radius 1 is 1.43 bits per heavy atom. The molecule has 2 unspecified atom stereocenters. The van der Waals surface area contributed by atoms with Crippen molar-refractivity contribution in [3.05, 3.63) is 29.3 Å². The zero-order chi connectivity index (χ0) is 9.54. The molecule has 2 aliphatic rings. The SMILES string of the molecule is COCOc1cccc2c1C1CC1C2. The van der Waals surface area contributed by atoms with E-state index in [2.05, 4.69) is 18.2 Å². The molecule has 2 nitrogen and oxygen atoms in total. The number of ether oxygens (including phenoxy) is 2. The molecule has 2 aliphatic carbocycles. The maximum Gasteiger partial charge on any atom is 0.188 e. The molecule has 1 aromatic rings. The van der Waals surface area contributed by atoms with Crippen LogP contribution in [0.3, 0.4) is 0 Å². The second kappa shape index (κ2) is 2.99. The number of fused-ring (bicyclic) bond motifs is 3. The maximum atomic E-state index is 5.57. The molecule has 0 spiro atoms. The van der Waals surface area contributed by atoms with E-state index in [4.69, 9.17) is 9.47 Å². The molecule has 0 saturated heterocycles. The van der Waals surface area contributed by atoms with E-state index >= 15 is 0 Å². The summed E-state index contributed by atoms with van der Waals surface area (Å²) in [4.78, 5) is 0. The molecule has 74 valence electrons. The van der Waals surface area contributed by atoms with Gasteiger partial charge in [0.25, 0.3) is 0 Å². The van der Waals surface area contributed by atoms with Gasteiger partial charge in [-0.05, 0) is 36.3 Å². The average molecular weight is 190 g/mol. The Morgan fingerprint density at radius 3 is 3.21 bits per heavy atom. The van der Waals surface area contributed by atoms with Gasteiger partial charge in [0.05, 0.1) is 0 Å². The summed E-state index contributed by atoms with van der Waals surface area (Å²) < 4.78 is 10.5. The summed E-state index contributed by atoms with van der Waals surface area (Å²) in [6.45, 7) is 0.355. The lowest BCUT2D eigenvalue weighted by Crippen LogP contribution is -2.01. The first kappa shape index (κ1) is 8.30. The van der Waals surface area contributed by atoms with E-state index in [1.165, 1.54) is 24.0 Å². The second-order valence-electron chi connectivity index (χ2n) is 4.19. The monoisotopic (exact) mass is 190 g/mol. The van der Waals surface area contributed by atoms with Crippen LogP contribution in [0.4, 0.5) is 0 Å². The molecule has 0 heterocycles. The predicted octanol–water partition coefficient (Wildman–Crippen LogP) is 2.33. The van der Waals surface area contributed by atoms with Gasteiger partial charge < -0.3 is 9.47 Å². The lowest BCUT2D eigenvalue weighted by atomic mass is 10.1. The third-order valence-corrected chi connectivity index (χ3v) is 3.26. The van der Waals surface area contributed by atoms with Gasteiger partial charge in [-0.1, -0.05) is 12.1 Å². The fourth-order valence-electron chi connectivity index (χ4n) is 2.55. The highest BCUT2D eigenvalue weighted by Gasteiger charge is 2.46. The van der Waals surface area contributed by atoms with Crippen LogP contribution in [0.1, 0.15) is 23.5 Å². The van der Waals surface area contributed by atoms with Crippen molar-refractivity contribution in [2.75, 3.05) is 13.9 Å². The number of benzene rings is 1. The summed E-state index contributed by atoms with van der Waals surface area (Å²) in [6.07, 6.45) is 2.62. The molecule has 3 rings (SSSR count). The van der Waals surface area contributed by atoms with Gasteiger partial charge in [0, 0.05) is 12.7 Å². The molecule has 1 fully saturated rings. The van der Waals surface area contributed by atoms with Crippen LogP contribution in [-0.4, -0.2) is 13.9 Å². The molecule has 0 radical (unpaired) electrons. The van der Waals surface area contributed by atoms with Crippen molar-refractivity contribution in [1.82, 2.24) is 0 Å². The zero-order valence-electron chi connectivity index (χ0n) is 8.32. The van der Waals surface area contributed by atoms with Gasteiger partial charge in [0.15, 0.2) is 6.79 Å². The molecule has 14 heavy (non-hydrogen) atoms. The molecule has 0 aliphatic heterocycles. The van der Waals surface area contributed by atoms with Crippen molar-refractivity contribution < 1.29 is 9.47 Å². The van der Waals surface area contributed by atoms with Crippen molar-refractivity contribution in [3.63, 3.8) is 0 Å². The normalized spacial score (nSPS) is 26.9. The van der Waals surface area contributed by atoms with Crippen molar-refractivity contribution in [2.45, 2.75) is 18.8 Å². The third-order valence-electron chi connectivity index (χ3n) is 3.26. The highest BCUT2D eigenvalue weighted by Crippen LogP contribution is 2.58. The van der Waals surface area contributed by atoms with Crippen molar-refractivity contribution in [2.24, 2.45) is 5.92 Å². The second-order valence-corrected chi connectivity index (χ2v) is 4.19. The average Bonchev–Trinajstić information content (AvgIpc) is 2.87. The Morgan fingerprint density at radius 2 is 2.36 bits per heavy atom. The van der Waals surface area contributed by atoms with Gasteiger partial charge in [-0.2, -0.15) is 0 Å². The van der Waals surface area contributed by atoms with Crippen molar-refractivity contribution in [3.8, 4) is 5.75 Å². The van der Waals surface area contributed by atoms with Crippen LogP contribution in [0.25, 0.3) is 0 Å². The summed E-state index contributed by atoms with van der Waals surface area (Å²) >= 11 is 0. The topological polar surface area (TPSA) is 18.5 Å². The fraction of sp³-hybridized carbons (Fsp3) is 0.500. The largest absolute Gasteiger partial charge is 0.467 e. The standard InChI is InChI=1S/C12H14O2/c1-13-7-14-11-4-2-3-8-5-9-6-10(9)12(8)11/h2-4,9-10H,5-7H2,1H3. The Hall–Kier alpha value is -1.02. The highest BCUT2D eigenvalue weighted by molar-refractivity contribution is 5.50. The van der Waals surface area contributed by atoms with E-state index in [1.54, 1.807) is 7.11 Å². The summed E-state index contributed by atoms with van der Waals surface area (Å²) in [7, 11) is 1.66. The molecule has 2 heteroatoms. The minimum Gasteiger partial charge on any atom is -0.467 e. The van der Waals surface area contributed by atoms with Crippen LogP contribution in [0.2, 0.25) is 0 Å². The minimum absolute atomic E-state index is 0.355. The Balaban J connectivity index is 1.92. The van der Waals surface area contributed by atoms with Gasteiger partial charge in [0.2, 0.25) is 0 Å². The predicted molar refractivity (Wildman–Crippen MR) is 53.5 cm³/mol. The van der Waals surface area contributed by atoms with Crippen LogP contribution >= 0.6 is 0 Å². The van der Waals surface area contributed by atoms with Gasteiger partial charge in [-0.15, -0.1) is 0 Å². The first-order chi connectivity index (χ1) is 6.90. The van der Waals surface area contributed by atoms with Gasteiger partial charge in [-0.3, -0.25) is 0 Å². The first-order valence-corrected chi connectivity index (χ1v) is 5.13. The quantitative estimate of drug-likeness (QED) is 0.681. The first-order valence-electron chi connectivity index (χ1n) is 5.13. The molecule has 0 aromatic heterocycles. The molecule has 1 saturated carbocycles. The van der Waals surface area contributed by atoms with E-state index in [0.29, 0.717) is 6.79 Å². The zero-order valence-corrected chi connectivity index (χ0v) is 8.32. The molecule has 2 atom stereocenters. The smallest absolute Gasteiger partial charge is 0.188 e. The fourth-order valence-corrected chi connectivity index (χ4v) is 2.55. The lowest BCUT2D eigenvalue weighted by molar-refractivity contribution is 0.0504. The molecule has 0 bridgehead atoms. The molecule has 1 aromatic carbocycles. The van der Waals surface area contributed by atoms with Crippen LogP contribution in [0.5, 0.6) is 5.75 Å². The van der Waals surface area contributed by atoms with Crippen molar-refractivity contribution >= 4 is 0 Å². The number of hydrogen-bond acceptors (Lipinski definition) is 2. The summed E-state index contributed by atoms with van der Waals surface area (Å²) in [5.41, 5.74) is 2.94. The Bertz CT molecular complexity index is 359. The van der Waals surface area contributed by atoms with Gasteiger partial charge in [-0.25, -0.2) is 0 Å². The maximum absolute atomic E-state index is 5.57. The van der Waals surface area contributed by atoms with Crippen LogP contribution in [0, 0.1) is 5.92 Å². The van der Waals surface area contributed by atoms with Crippen molar-refractivity contribution in [1.29, 1.82) is 0 Å². The summed E-state index contributed by atoms with van der Waals surface area (Å²) in [6, 6.07) is 6.36. The lowest BCUT2D eigenvalue weighted by Gasteiger charge is -2.11.